The molecule has 1 aromatic carbocycles. The van der Waals surface area contributed by atoms with Crippen molar-refractivity contribution in [3.63, 3.8) is 0 Å². The molecular weight excluding hydrogens is 374 g/mol. The molecule has 0 spiro atoms. The van der Waals surface area contributed by atoms with Gasteiger partial charge in [-0.2, -0.15) is 8.78 Å². The summed E-state index contributed by atoms with van der Waals surface area (Å²) in [6.07, 6.45) is 1.75. The Kier molecular flexibility index (Phi) is 5.71. The van der Waals surface area contributed by atoms with Gasteiger partial charge in [-0.25, -0.2) is 9.59 Å². The zero-order valence-corrected chi connectivity index (χ0v) is 15.8. The summed E-state index contributed by atoms with van der Waals surface area (Å²) in [6.45, 7) is 0.639. The van der Waals surface area contributed by atoms with Gasteiger partial charge in [0.25, 0.3) is 0 Å². The van der Waals surface area contributed by atoms with Gasteiger partial charge in [-0.05, 0) is 44.4 Å². The Morgan fingerprint density at radius 2 is 2.04 bits per heavy atom. The van der Waals surface area contributed by atoms with E-state index in [2.05, 4.69) is 10.1 Å². The first-order valence-corrected chi connectivity index (χ1v) is 8.97. The predicted molar refractivity (Wildman–Crippen MR) is 95.1 cm³/mol. The first kappa shape index (κ1) is 19.9. The minimum absolute atomic E-state index is 0.0707. The van der Waals surface area contributed by atoms with Gasteiger partial charge in [0.1, 0.15) is 0 Å². The molecular formula is C19H22F2N2O5. The number of allylic oxidation sites excluding steroid dienone is 1. The molecule has 1 heterocycles. The molecule has 1 N–H and O–H groups in total. The third kappa shape index (κ3) is 3.88. The van der Waals surface area contributed by atoms with Crippen molar-refractivity contribution in [1.82, 2.24) is 10.2 Å². The quantitative estimate of drug-likeness (QED) is 0.715. The van der Waals surface area contributed by atoms with Crippen LogP contribution in [0, 0.1) is 0 Å². The van der Waals surface area contributed by atoms with Gasteiger partial charge in [-0.1, -0.05) is 6.07 Å². The lowest BCUT2D eigenvalue weighted by Crippen LogP contribution is -2.48. The molecule has 0 bridgehead atoms. The Hall–Kier alpha value is -2.84. The molecule has 1 aliphatic carbocycles. The van der Waals surface area contributed by atoms with Gasteiger partial charge in [0.15, 0.2) is 11.5 Å². The second-order valence-corrected chi connectivity index (χ2v) is 6.49. The number of halogens is 2. The van der Waals surface area contributed by atoms with Crippen LogP contribution in [0.25, 0.3) is 0 Å². The first-order chi connectivity index (χ1) is 13.4. The normalized spacial score (nSPS) is 19.6. The fourth-order valence-electron chi connectivity index (χ4n) is 3.32. The van der Waals surface area contributed by atoms with Crippen LogP contribution >= 0.6 is 0 Å². The van der Waals surface area contributed by atoms with Crippen molar-refractivity contribution in [2.24, 2.45) is 0 Å². The summed E-state index contributed by atoms with van der Waals surface area (Å²) in [5.74, 6) is -0.595. The Morgan fingerprint density at radius 3 is 2.61 bits per heavy atom. The molecule has 0 aromatic heterocycles. The van der Waals surface area contributed by atoms with Crippen LogP contribution in [0.4, 0.5) is 13.6 Å². The summed E-state index contributed by atoms with van der Waals surface area (Å²) in [4.78, 5) is 26.7. The van der Waals surface area contributed by atoms with Crippen molar-refractivity contribution in [2.45, 2.75) is 45.4 Å². The van der Waals surface area contributed by atoms with Crippen molar-refractivity contribution in [1.29, 1.82) is 0 Å². The maximum absolute atomic E-state index is 12.6. The molecule has 2 amide bonds. The first-order valence-electron chi connectivity index (χ1n) is 8.97. The standard InChI is InChI=1S/C19H22F2N2O5/c1-4-27-14-9-11(5-8-13(14)28-18(20)21)16-15(17(24)26-3)10(2)23(12-6-7-12)19(25)22-16/h5,8-9,12,16,18H,4,6-7H2,1-3H3,(H,22,25)/t16-/m0/s1. The van der Waals surface area contributed by atoms with Crippen molar-refractivity contribution in [3.8, 4) is 11.5 Å². The van der Waals surface area contributed by atoms with Gasteiger partial charge in [-0.15, -0.1) is 0 Å². The average Bonchev–Trinajstić information content (AvgIpc) is 3.47. The van der Waals surface area contributed by atoms with E-state index in [1.54, 1.807) is 18.7 Å². The van der Waals surface area contributed by atoms with E-state index in [1.165, 1.54) is 25.3 Å². The Labute approximate surface area is 161 Å². The average molecular weight is 396 g/mol. The smallest absolute Gasteiger partial charge is 0.387 e. The van der Waals surface area contributed by atoms with Crippen LogP contribution < -0.4 is 14.8 Å². The monoisotopic (exact) mass is 396 g/mol. The van der Waals surface area contributed by atoms with Gasteiger partial charge < -0.3 is 19.5 Å². The number of nitrogens with one attached hydrogen (secondary N) is 1. The highest BCUT2D eigenvalue weighted by Gasteiger charge is 2.42. The Balaban J connectivity index is 2.03. The number of amides is 2. The van der Waals surface area contributed by atoms with Gasteiger partial charge in [0.2, 0.25) is 0 Å². The number of benzene rings is 1. The fourth-order valence-corrected chi connectivity index (χ4v) is 3.32. The topological polar surface area (TPSA) is 77.1 Å². The van der Waals surface area contributed by atoms with E-state index in [1.807, 2.05) is 0 Å². The number of nitrogens with zero attached hydrogens (tertiary/aromatic N) is 1. The number of rotatable bonds is 7. The van der Waals surface area contributed by atoms with E-state index >= 15 is 0 Å². The predicted octanol–water partition coefficient (Wildman–Crippen LogP) is 3.36. The molecule has 3 rings (SSSR count). The summed E-state index contributed by atoms with van der Waals surface area (Å²) < 4.78 is 40.1. The van der Waals surface area contributed by atoms with Gasteiger partial charge in [-0.3, -0.25) is 4.90 Å². The lowest BCUT2D eigenvalue weighted by molar-refractivity contribution is -0.136. The summed E-state index contributed by atoms with van der Waals surface area (Å²) >= 11 is 0. The van der Waals surface area contributed by atoms with E-state index in [0.717, 1.165) is 12.8 Å². The second kappa shape index (κ2) is 8.04. The Morgan fingerprint density at radius 1 is 1.32 bits per heavy atom. The largest absolute Gasteiger partial charge is 0.490 e. The number of ether oxygens (including phenoxy) is 3. The highest BCUT2D eigenvalue weighted by Crippen LogP contribution is 2.40. The number of esters is 1. The lowest BCUT2D eigenvalue weighted by atomic mass is 9.94. The third-order valence-electron chi connectivity index (χ3n) is 4.66. The number of carbonyl (C=O) groups is 2. The van der Waals surface area contributed by atoms with Crippen molar-refractivity contribution in [2.75, 3.05) is 13.7 Å². The maximum Gasteiger partial charge on any atom is 0.387 e. The molecule has 9 heteroatoms. The third-order valence-corrected chi connectivity index (χ3v) is 4.66. The van der Waals surface area contributed by atoms with E-state index in [0.29, 0.717) is 16.8 Å². The minimum Gasteiger partial charge on any atom is -0.490 e. The minimum atomic E-state index is -3.00. The second-order valence-electron chi connectivity index (χ2n) is 6.49. The van der Waals surface area contributed by atoms with Crippen LogP contribution in [0.15, 0.2) is 29.5 Å². The van der Waals surface area contributed by atoms with Crippen LogP contribution in [0.2, 0.25) is 0 Å². The number of carbonyl (C=O) groups excluding carboxylic acids is 2. The summed E-state index contributed by atoms with van der Waals surface area (Å²) in [5, 5.41) is 2.81. The van der Waals surface area contributed by atoms with E-state index in [-0.39, 0.29) is 30.2 Å². The number of hydrogen-bond acceptors (Lipinski definition) is 5. The van der Waals surface area contributed by atoms with Gasteiger partial charge in [0, 0.05) is 11.7 Å². The van der Waals surface area contributed by atoms with E-state index < -0.39 is 18.6 Å². The zero-order valence-electron chi connectivity index (χ0n) is 15.8. The maximum atomic E-state index is 12.6. The van der Waals surface area contributed by atoms with Crippen LogP contribution in [0.5, 0.6) is 11.5 Å². The fraction of sp³-hybridized carbons (Fsp3) is 0.474. The van der Waals surface area contributed by atoms with Crippen molar-refractivity contribution in [3.05, 3.63) is 35.0 Å². The summed E-state index contributed by atoms with van der Waals surface area (Å²) in [6, 6.07) is 3.28. The number of hydrogen-bond donors (Lipinski definition) is 1. The molecule has 28 heavy (non-hydrogen) atoms. The van der Waals surface area contributed by atoms with Crippen LogP contribution in [0.1, 0.15) is 38.3 Å². The highest BCUT2D eigenvalue weighted by molar-refractivity contribution is 5.95. The van der Waals surface area contributed by atoms with E-state index in [4.69, 9.17) is 9.47 Å². The van der Waals surface area contributed by atoms with Gasteiger partial charge in [0.05, 0.1) is 25.3 Å². The van der Waals surface area contributed by atoms with Crippen LogP contribution in [-0.4, -0.2) is 43.3 Å². The molecule has 1 aliphatic heterocycles. The lowest BCUT2D eigenvalue weighted by Gasteiger charge is -2.35. The summed E-state index contributed by atoms with van der Waals surface area (Å²) in [7, 11) is 1.27. The molecule has 1 saturated carbocycles. The SMILES string of the molecule is CCOc1cc([C@@H]2NC(=O)N(C3CC3)C(C)=C2C(=O)OC)ccc1OC(F)F. The molecule has 152 valence electrons. The molecule has 1 fully saturated rings. The number of alkyl halides is 2. The van der Waals surface area contributed by atoms with Crippen LogP contribution in [0.3, 0.4) is 0 Å². The van der Waals surface area contributed by atoms with Crippen molar-refractivity contribution < 1.29 is 32.6 Å². The molecule has 2 aliphatic rings. The van der Waals surface area contributed by atoms with Gasteiger partial charge >= 0.3 is 18.6 Å². The molecule has 7 nitrogen and oxygen atoms in total. The van der Waals surface area contributed by atoms with Crippen molar-refractivity contribution >= 4 is 12.0 Å². The summed E-state index contributed by atoms with van der Waals surface area (Å²) in [5.41, 5.74) is 1.31. The van der Waals surface area contributed by atoms with Crippen LogP contribution in [-0.2, 0) is 9.53 Å². The molecule has 0 radical (unpaired) electrons. The number of methoxy groups -OCH3 is 1. The molecule has 0 unspecified atom stereocenters. The molecule has 0 saturated heterocycles. The highest BCUT2D eigenvalue weighted by atomic mass is 19.3. The molecule has 1 atom stereocenters. The van der Waals surface area contributed by atoms with E-state index in [9.17, 15) is 18.4 Å². The Bertz CT molecular complexity index is 808. The molecule has 1 aromatic rings. The zero-order chi connectivity index (χ0) is 20.4. The number of urea groups is 1.